The number of likely N-dealkylation sites (tertiary alicyclic amines) is 1. The van der Waals surface area contributed by atoms with Gasteiger partial charge in [0, 0.05) is 100 Å². The number of esters is 1. The summed E-state index contributed by atoms with van der Waals surface area (Å²) in [4.78, 5) is 73.0. The van der Waals surface area contributed by atoms with E-state index >= 15 is 4.79 Å². The van der Waals surface area contributed by atoms with Crippen LogP contribution in [0.4, 0.5) is 4.79 Å². The number of aromatic nitrogens is 6. The van der Waals surface area contributed by atoms with Gasteiger partial charge >= 0.3 is 12.1 Å². The number of pyridine rings is 1. The van der Waals surface area contributed by atoms with E-state index in [1.807, 2.05) is 61.6 Å². The molecule has 5 aliphatic heterocycles. The number of aryl methyl sites for hydroxylation is 1. The number of Topliss-reactive ketones (excluding diaryl/α,β-unsaturated/α-hetero) is 2. The molecule has 0 N–H and O–H groups in total. The zero-order valence-electron chi connectivity index (χ0n) is 43.8. The standard InChI is InChI=1S/C53H77N9O10/c1-11-43-52(8)47(62(51(66)72-52)23-15-14-22-60-31-41(55-32-60)39-17-16-19-54-29-39)37(6)44(63)33(2)28-53(67-10)48(36(5)35(4)45(64)38(7)49(65)69-43)70-50-46(71-53)42(27-34(3)68-50)58(9)24-18-40-30-61(57-56-40)26-25-59-20-12-13-21-59/h16-17,19,29-35,37-38,42-43,46-48,50H,5,11-15,18,20-28H2,1-4,6-10H3/t33-,34-,35-,37+,38-,42+,43-,46-,47-,48+,50+,52-,53+/m1/s1. The maximum atomic E-state index is 15.2. The Hall–Kier alpha value is -4.92. The summed E-state index contributed by atoms with van der Waals surface area (Å²) in [6, 6.07) is 2.78. The second kappa shape index (κ2) is 22.7. The van der Waals surface area contributed by atoms with Crippen LogP contribution in [0.2, 0.25) is 0 Å². The number of carbonyl (C=O) groups excluding carboxylic acids is 4. The minimum Gasteiger partial charge on any atom is -0.458 e. The number of ether oxygens (including phenoxy) is 6. The number of unbranched alkanes of at least 4 members (excludes halogenated alkanes) is 1. The maximum absolute atomic E-state index is 15.2. The van der Waals surface area contributed by atoms with Gasteiger partial charge in [-0.3, -0.25) is 24.0 Å². The van der Waals surface area contributed by atoms with Crippen molar-refractivity contribution < 1.29 is 47.6 Å². The highest BCUT2D eigenvalue weighted by molar-refractivity contribution is 6.01. The van der Waals surface area contributed by atoms with Crippen LogP contribution >= 0.6 is 0 Å². The zero-order chi connectivity index (χ0) is 51.5. The molecule has 72 heavy (non-hydrogen) atoms. The summed E-state index contributed by atoms with van der Waals surface area (Å²) in [5.41, 5.74) is 1.49. The SMILES string of the molecule is C=C1[C@@H](C)C(=O)[C@@H](C)C(=O)O[C@H](CC)[C@@]2(C)OC(=O)N(CCCCn3cnc(-c4cccnc4)c3)[C@@H]2[C@@H](C)C(=O)[C@H](C)C[C@]2(OC)O[C@H]3[C@@H](O[C@H](C)C[C@@H]3N(C)CCc3cn(CCN4CCCC4)nn3)O[C@@H]12. The highest BCUT2D eigenvalue weighted by Crippen LogP contribution is 2.47. The lowest BCUT2D eigenvalue weighted by atomic mass is 9.75. The van der Waals surface area contributed by atoms with Crippen LogP contribution < -0.4 is 0 Å². The quantitative estimate of drug-likeness (QED) is 0.0771. The summed E-state index contributed by atoms with van der Waals surface area (Å²) in [5, 5.41) is 8.90. The number of nitrogens with zero attached hydrogens (tertiary/aromatic N) is 9. The Morgan fingerprint density at radius 2 is 1.72 bits per heavy atom. The normalized spacial score (nSPS) is 34.1. The van der Waals surface area contributed by atoms with Crippen molar-refractivity contribution in [3.05, 3.63) is 61.1 Å². The molecular weight excluding hydrogens is 923 g/mol. The number of imidazole rings is 1. The third-order valence-corrected chi connectivity index (χ3v) is 16.1. The van der Waals surface area contributed by atoms with Crippen LogP contribution in [-0.4, -0.2) is 169 Å². The molecular formula is C53H77N9O10. The van der Waals surface area contributed by atoms with Gasteiger partial charge in [0.05, 0.1) is 36.4 Å². The van der Waals surface area contributed by atoms with Crippen LogP contribution in [0.3, 0.4) is 0 Å². The Balaban J connectivity index is 1.04. The Morgan fingerprint density at radius 1 is 0.958 bits per heavy atom. The number of amides is 1. The van der Waals surface area contributed by atoms with E-state index in [-0.39, 0.29) is 37.3 Å². The number of hydrogen-bond donors (Lipinski definition) is 0. The fourth-order valence-corrected chi connectivity index (χ4v) is 11.8. The molecule has 13 atom stereocenters. The van der Waals surface area contributed by atoms with Crippen molar-refractivity contribution >= 4 is 23.6 Å². The molecule has 0 aromatic carbocycles. The van der Waals surface area contributed by atoms with Crippen molar-refractivity contribution in [3.63, 3.8) is 0 Å². The third kappa shape index (κ3) is 11.1. The van der Waals surface area contributed by atoms with Gasteiger partial charge in [-0.25, -0.2) is 9.78 Å². The second-order valence-corrected chi connectivity index (χ2v) is 21.2. The molecule has 8 rings (SSSR count). The number of ketones is 2. The number of likely N-dealkylation sites (N-methyl/N-ethyl adjacent to an activating group) is 1. The van der Waals surface area contributed by atoms with Gasteiger partial charge in [-0.2, -0.15) is 0 Å². The first-order chi connectivity index (χ1) is 34.5. The van der Waals surface area contributed by atoms with Gasteiger partial charge in [0.1, 0.15) is 30.0 Å². The molecule has 0 unspecified atom stereocenters. The van der Waals surface area contributed by atoms with Crippen LogP contribution in [0, 0.1) is 23.7 Å². The van der Waals surface area contributed by atoms with Crippen molar-refractivity contribution in [2.75, 3.05) is 46.9 Å². The average molecular weight is 1000 g/mol. The molecule has 5 aliphatic rings. The van der Waals surface area contributed by atoms with E-state index in [1.54, 1.807) is 44.4 Å². The Bertz CT molecular complexity index is 2370. The first-order valence-corrected chi connectivity index (χ1v) is 26.2. The highest BCUT2D eigenvalue weighted by Gasteiger charge is 2.62. The van der Waals surface area contributed by atoms with Gasteiger partial charge in [-0.05, 0) is 97.1 Å². The lowest BCUT2D eigenvalue weighted by molar-refractivity contribution is -0.413. The largest absolute Gasteiger partial charge is 0.458 e. The zero-order valence-corrected chi connectivity index (χ0v) is 43.8. The van der Waals surface area contributed by atoms with Crippen LogP contribution in [-0.2, 0) is 62.3 Å². The fourth-order valence-electron chi connectivity index (χ4n) is 11.8. The van der Waals surface area contributed by atoms with Gasteiger partial charge in [0.25, 0.3) is 0 Å². The summed E-state index contributed by atoms with van der Waals surface area (Å²) in [6.07, 6.45) is 10.1. The van der Waals surface area contributed by atoms with Crippen LogP contribution in [0.15, 0.2) is 55.4 Å². The summed E-state index contributed by atoms with van der Waals surface area (Å²) in [6.45, 7) is 22.4. The number of cyclic esters (lactones) is 1. The predicted octanol–water partition coefficient (Wildman–Crippen LogP) is 5.76. The van der Waals surface area contributed by atoms with E-state index in [4.69, 9.17) is 28.4 Å². The molecule has 0 saturated carbocycles. The third-order valence-electron chi connectivity index (χ3n) is 16.1. The average Bonchev–Trinajstić information content (AvgIpc) is 4.22. The second-order valence-electron chi connectivity index (χ2n) is 21.2. The minimum atomic E-state index is -1.63. The topological polar surface area (TPSA) is 195 Å². The van der Waals surface area contributed by atoms with Crippen molar-refractivity contribution in [1.82, 2.24) is 44.2 Å². The lowest BCUT2D eigenvalue weighted by Gasteiger charge is -2.55. The highest BCUT2D eigenvalue weighted by atomic mass is 16.8. The lowest BCUT2D eigenvalue weighted by Crippen LogP contribution is -2.68. The summed E-state index contributed by atoms with van der Waals surface area (Å²) in [5.74, 6) is -6.73. The monoisotopic (exact) mass is 1000 g/mol. The number of hydrogen-bond acceptors (Lipinski definition) is 16. The van der Waals surface area contributed by atoms with Crippen molar-refractivity contribution in [3.8, 4) is 11.3 Å². The molecule has 5 saturated heterocycles. The minimum absolute atomic E-state index is 0.0133. The number of rotatable bonds is 15. The van der Waals surface area contributed by atoms with Crippen molar-refractivity contribution in [2.45, 2.75) is 167 Å². The van der Waals surface area contributed by atoms with Gasteiger partial charge in [-0.1, -0.05) is 39.5 Å². The molecule has 19 heteroatoms. The molecule has 0 radical (unpaired) electrons. The van der Waals surface area contributed by atoms with E-state index in [0.29, 0.717) is 44.3 Å². The Kier molecular flexibility index (Phi) is 16.8. The van der Waals surface area contributed by atoms with E-state index in [2.05, 4.69) is 36.7 Å². The first kappa shape index (κ1) is 53.4. The summed E-state index contributed by atoms with van der Waals surface area (Å²) >= 11 is 0. The van der Waals surface area contributed by atoms with E-state index < -0.39 is 83.5 Å². The molecule has 394 valence electrons. The molecule has 1 amide bonds. The van der Waals surface area contributed by atoms with Crippen molar-refractivity contribution in [1.29, 1.82) is 0 Å². The Labute approximate surface area is 424 Å². The van der Waals surface area contributed by atoms with Gasteiger partial charge in [0.2, 0.25) is 0 Å². The molecule has 3 aromatic heterocycles. The molecule has 19 nitrogen and oxygen atoms in total. The van der Waals surface area contributed by atoms with Gasteiger partial charge < -0.3 is 47.7 Å². The summed E-state index contributed by atoms with van der Waals surface area (Å²) in [7, 11) is 3.56. The number of fused-ring (bicyclic) bond motifs is 3. The predicted molar refractivity (Wildman–Crippen MR) is 265 cm³/mol. The fraction of sp³-hybridized carbons (Fsp3) is 0.698. The molecule has 0 bridgehead atoms. The number of carbonyl (C=O) groups is 4. The molecule has 5 fully saturated rings. The maximum Gasteiger partial charge on any atom is 0.410 e. The smallest absolute Gasteiger partial charge is 0.410 e. The number of methoxy groups -OCH3 is 1. The molecule has 0 spiro atoms. The van der Waals surface area contributed by atoms with Crippen LogP contribution in [0.5, 0.6) is 0 Å². The molecule has 0 aliphatic carbocycles. The van der Waals surface area contributed by atoms with E-state index in [0.717, 1.165) is 43.1 Å². The molecule has 8 heterocycles. The van der Waals surface area contributed by atoms with Gasteiger partial charge in [-0.15, -0.1) is 5.10 Å². The van der Waals surface area contributed by atoms with Gasteiger partial charge in [0.15, 0.2) is 23.5 Å². The first-order valence-electron chi connectivity index (χ1n) is 26.2. The van der Waals surface area contributed by atoms with E-state index in [9.17, 15) is 14.4 Å². The van der Waals surface area contributed by atoms with Crippen LogP contribution in [0.25, 0.3) is 11.3 Å². The molecule has 3 aromatic rings. The summed E-state index contributed by atoms with van der Waals surface area (Å²) < 4.78 is 43.5. The van der Waals surface area contributed by atoms with E-state index in [1.165, 1.54) is 26.9 Å². The van der Waals surface area contributed by atoms with Crippen molar-refractivity contribution in [2.24, 2.45) is 23.7 Å². The Morgan fingerprint density at radius 3 is 2.44 bits per heavy atom. The van der Waals surface area contributed by atoms with Crippen LogP contribution in [0.1, 0.15) is 99.1 Å².